The molecule has 1 unspecified atom stereocenters. The van der Waals surface area contributed by atoms with Crippen molar-refractivity contribution in [1.82, 2.24) is 9.21 Å². The van der Waals surface area contributed by atoms with Crippen molar-refractivity contribution in [2.75, 3.05) is 33.4 Å². The molecule has 1 atom stereocenters. The molecule has 2 aliphatic rings. The van der Waals surface area contributed by atoms with E-state index in [9.17, 15) is 23.1 Å². The lowest BCUT2D eigenvalue weighted by atomic mass is 9.95. The van der Waals surface area contributed by atoms with E-state index in [4.69, 9.17) is 16.3 Å². The van der Waals surface area contributed by atoms with Crippen molar-refractivity contribution in [3.63, 3.8) is 0 Å². The van der Waals surface area contributed by atoms with Crippen LogP contribution in [0.3, 0.4) is 0 Å². The van der Waals surface area contributed by atoms with Crippen molar-refractivity contribution in [2.45, 2.75) is 36.6 Å². The molecule has 36 heavy (non-hydrogen) atoms. The number of halogens is 1. The third-order valence-corrected chi connectivity index (χ3v) is 8.68. The van der Waals surface area contributed by atoms with E-state index in [1.54, 1.807) is 31.4 Å². The topological polar surface area (TPSA) is 104 Å². The molecule has 0 saturated carbocycles. The molecule has 4 rings (SSSR count). The summed E-state index contributed by atoms with van der Waals surface area (Å²) in [6, 6.07) is 11.7. The number of likely N-dealkylation sites (tertiary alicyclic amines) is 1. The zero-order valence-corrected chi connectivity index (χ0v) is 21.6. The number of aliphatic hydroxyl groups excluding tert-OH is 1. The van der Waals surface area contributed by atoms with Crippen LogP contribution >= 0.6 is 11.6 Å². The number of hydrogen-bond donors (Lipinski definition) is 1. The lowest BCUT2D eigenvalue weighted by Gasteiger charge is -2.26. The normalized spacial score (nSPS) is 20.7. The van der Waals surface area contributed by atoms with E-state index in [-0.39, 0.29) is 28.3 Å². The van der Waals surface area contributed by atoms with Crippen LogP contribution < -0.4 is 0 Å². The van der Waals surface area contributed by atoms with Gasteiger partial charge in [-0.25, -0.2) is 8.42 Å². The maximum absolute atomic E-state index is 13.1. The Morgan fingerprint density at radius 2 is 1.78 bits per heavy atom. The first-order valence-electron chi connectivity index (χ1n) is 11.9. The molecule has 0 radical (unpaired) electrons. The molecule has 2 aliphatic heterocycles. The van der Waals surface area contributed by atoms with Gasteiger partial charge in [-0.3, -0.25) is 9.59 Å². The summed E-state index contributed by atoms with van der Waals surface area (Å²) in [7, 11) is -2.09. The average Bonchev–Trinajstić information content (AvgIpc) is 3.14. The van der Waals surface area contributed by atoms with Gasteiger partial charge < -0.3 is 14.7 Å². The summed E-state index contributed by atoms with van der Waals surface area (Å²) < 4.78 is 32.5. The quantitative estimate of drug-likeness (QED) is 0.239. The maximum Gasteiger partial charge on any atom is 0.295 e. The van der Waals surface area contributed by atoms with Crippen molar-refractivity contribution in [3.05, 3.63) is 70.3 Å². The first-order chi connectivity index (χ1) is 17.3. The predicted molar refractivity (Wildman–Crippen MR) is 136 cm³/mol. The van der Waals surface area contributed by atoms with E-state index in [2.05, 4.69) is 0 Å². The van der Waals surface area contributed by atoms with Gasteiger partial charge in [0.05, 0.1) is 16.5 Å². The number of aliphatic hydroxyl groups is 1. The van der Waals surface area contributed by atoms with Crippen molar-refractivity contribution >= 4 is 39.1 Å². The smallest absolute Gasteiger partial charge is 0.295 e. The number of piperidine rings is 1. The molecular formula is C26H29ClN2O6S. The highest BCUT2D eigenvalue weighted by Gasteiger charge is 2.45. The van der Waals surface area contributed by atoms with Gasteiger partial charge >= 0.3 is 0 Å². The Balaban J connectivity index is 1.72. The number of nitrogens with zero attached hydrogens (tertiary/aromatic N) is 2. The Labute approximate surface area is 216 Å². The monoisotopic (exact) mass is 532 g/mol. The summed E-state index contributed by atoms with van der Waals surface area (Å²) in [6.45, 7) is 1.62. The molecule has 2 fully saturated rings. The second-order valence-electron chi connectivity index (χ2n) is 8.88. The van der Waals surface area contributed by atoms with E-state index in [0.29, 0.717) is 36.7 Å². The highest BCUT2D eigenvalue weighted by molar-refractivity contribution is 7.89. The Morgan fingerprint density at radius 3 is 2.42 bits per heavy atom. The number of hydrogen-bond acceptors (Lipinski definition) is 6. The van der Waals surface area contributed by atoms with Gasteiger partial charge in [0.15, 0.2) is 0 Å². The average molecular weight is 533 g/mol. The number of carbonyl (C=O) groups excluding carboxylic acids is 2. The number of sulfonamides is 1. The molecular weight excluding hydrogens is 504 g/mol. The van der Waals surface area contributed by atoms with Crippen molar-refractivity contribution in [2.24, 2.45) is 0 Å². The molecule has 1 N–H and O–H groups in total. The summed E-state index contributed by atoms with van der Waals surface area (Å²) in [5.74, 6) is -1.89. The molecule has 8 nitrogen and oxygen atoms in total. The van der Waals surface area contributed by atoms with Crippen LogP contribution in [0.15, 0.2) is 59.0 Å². The molecule has 0 aromatic heterocycles. The van der Waals surface area contributed by atoms with Crippen LogP contribution in [-0.4, -0.2) is 67.8 Å². The van der Waals surface area contributed by atoms with Gasteiger partial charge in [0.2, 0.25) is 10.0 Å². The van der Waals surface area contributed by atoms with E-state index in [1.807, 2.05) is 0 Å². The molecule has 2 heterocycles. The fourth-order valence-electron chi connectivity index (χ4n) is 4.71. The highest BCUT2D eigenvalue weighted by Crippen LogP contribution is 2.40. The third kappa shape index (κ3) is 5.20. The van der Waals surface area contributed by atoms with Crippen LogP contribution in [0.2, 0.25) is 5.02 Å². The molecule has 0 bridgehead atoms. The fraction of sp³-hybridized carbons (Fsp3) is 0.385. The Hall–Kier alpha value is -2.72. The van der Waals surface area contributed by atoms with Gasteiger partial charge in [0.25, 0.3) is 11.7 Å². The number of methoxy groups -OCH3 is 1. The highest BCUT2D eigenvalue weighted by atomic mass is 35.5. The second kappa shape index (κ2) is 11.1. The van der Waals surface area contributed by atoms with Gasteiger partial charge in [-0.15, -0.1) is 0 Å². The number of amides is 1. The number of rotatable bonds is 8. The van der Waals surface area contributed by atoms with E-state index in [1.165, 1.54) is 33.5 Å². The molecule has 2 aromatic carbocycles. The minimum atomic E-state index is -3.64. The largest absolute Gasteiger partial charge is 0.507 e. The minimum Gasteiger partial charge on any atom is -0.507 e. The van der Waals surface area contributed by atoms with E-state index in [0.717, 1.165) is 19.3 Å². The zero-order chi connectivity index (χ0) is 25.9. The van der Waals surface area contributed by atoms with Crippen molar-refractivity contribution in [3.8, 4) is 0 Å². The van der Waals surface area contributed by atoms with Crippen LogP contribution in [0, 0.1) is 0 Å². The molecule has 0 spiro atoms. The minimum absolute atomic E-state index is 0.0636. The van der Waals surface area contributed by atoms with E-state index < -0.39 is 27.8 Å². The zero-order valence-electron chi connectivity index (χ0n) is 20.0. The van der Waals surface area contributed by atoms with Crippen LogP contribution in [0.5, 0.6) is 0 Å². The summed E-state index contributed by atoms with van der Waals surface area (Å²) in [5, 5.41) is 11.6. The Kier molecular flexibility index (Phi) is 8.14. The molecule has 2 saturated heterocycles. The van der Waals surface area contributed by atoms with Gasteiger partial charge in [0.1, 0.15) is 5.76 Å². The standard InChI is InChI=1S/C26H29ClN2O6S/c1-35-16-6-15-29-23(19-7-5-8-20(27)17-19)22(25(31)26(29)32)24(30)18-9-11-21(12-10-18)36(33,34)28-13-3-2-4-14-28/h5,7-12,17,23,30H,2-4,6,13-16H2,1H3/b24-22-. The molecule has 192 valence electrons. The molecule has 0 aliphatic carbocycles. The van der Waals surface area contributed by atoms with Gasteiger partial charge in [-0.05, 0) is 61.2 Å². The summed E-state index contributed by atoms with van der Waals surface area (Å²) in [4.78, 5) is 27.6. The number of Topliss-reactive ketones (excluding diaryl/α,β-unsaturated/α-hetero) is 1. The number of ketones is 1. The van der Waals surface area contributed by atoms with Crippen molar-refractivity contribution in [1.29, 1.82) is 0 Å². The summed E-state index contributed by atoms with van der Waals surface area (Å²) in [5.41, 5.74) is 0.769. The Morgan fingerprint density at radius 1 is 1.08 bits per heavy atom. The SMILES string of the molecule is COCCCN1C(=O)C(=O)/C(=C(\O)c2ccc(S(=O)(=O)N3CCCCC3)cc2)C1c1cccc(Cl)c1. The van der Waals surface area contributed by atoms with Crippen LogP contribution in [0.25, 0.3) is 5.76 Å². The Bertz CT molecular complexity index is 1270. The summed E-state index contributed by atoms with van der Waals surface area (Å²) in [6.07, 6.45) is 3.16. The first-order valence-corrected chi connectivity index (χ1v) is 13.7. The lowest BCUT2D eigenvalue weighted by Crippen LogP contribution is -2.35. The molecule has 1 amide bonds. The predicted octanol–water partition coefficient (Wildman–Crippen LogP) is 3.97. The molecule has 10 heteroatoms. The van der Waals surface area contributed by atoms with Gasteiger partial charge in [-0.1, -0.05) is 30.2 Å². The fourth-order valence-corrected chi connectivity index (χ4v) is 6.42. The van der Waals surface area contributed by atoms with Crippen LogP contribution in [0.1, 0.15) is 42.9 Å². The first kappa shape index (κ1) is 26.3. The number of carbonyl (C=O) groups is 2. The molecule has 2 aromatic rings. The van der Waals surface area contributed by atoms with E-state index >= 15 is 0 Å². The van der Waals surface area contributed by atoms with Crippen LogP contribution in [0.4, 0.5) is 0 Å². The number of ether oxygens (including phenoxy) is 1. The number of benzene rings is 2. The van der Waals surface area contributed by atoms with Crippen LogP contribution in [-0.2, 0) is 24.3 Å². The maximum atomic E-state index is 13.1. The van der Waals surface area contributed by atoms with Gasteiger partial charge in [-0.2, -0.15) is 4.31 Å². The lowest BCUT2D eigenvalue weighted by molar-refractivity contribution is -0.140. The van der Waals surface area contributed by atoms with Gasteiger partial charge in [0, 0.05) is 43.9 Å². The summed E-state index contributed by atoms with van der Waals surface area (Å²) >= 11 is 6.19. The third-order valence-electron chi connectivity index (χ3n) is 6.53. The second-order valence-corrected chi connectivity index (χ2v) is 11.3. The van der Waals surface area contributed by atoms with Crippen molar-refractivity contribution < 1.29 is 27.9 Å².